The van der Waals surface area contributed by atoms with E-state index in [9.17, 15) is 15.0 Å². The zero-order valence-electron chi connectivity index (χ0n) is 24.4. The predicted octanol–water partition coefficient (Wildman–Crippen LogP) is 5.55. The van der Waals surface area contributed by atoms with E-state index in [0.29, 0.717) is 23.4 Å². The normalized spacial score (nSPS) is 20.4. The van der Waals surface area contributed by atoms with Crippen LogP contribution in [0.15, 0.2) is 76.7 Å². The van der Waals surface area contributed by atoms with Crippen LogP contribution in [-0.4, -0.2) is 70.8 Å². The molecular weight excluding hydrogens is 516 g/mol. The topological polar surface area (TPSA) is 102 Å². The van der Waals surface area contributed by atoms with Crippen LogP contribution in [0.2, 0.25) is 0 Å². The molecule has 1 amide bonds. The highest BCUT2D eigenvalue weighted by molar-refractivity contribution is 5.99. The molecule has 3 N–H and O–H groups in total. The maximum absolute atomic E-state index is 13.2. The standard InChI is InChI=1S/C33H40N4O4/c1-5-34-32(40)30-29(25-13-11-23(12-14-25)21-37-17-15-36(4)16-18-37)31(41-35-30)33(22(2)3)20-26(27(38)19-28(33)39)24-9-7-6-8-10-24/h6-14,19,22,38-39H,5,15-18,20-21H2,1-4H3,(H,34,40). The molecule has 1 atom stereocenters. The van der Waals surface area contributed by atoms with Crippen LogP contribution in [0.1, 0.15) is 54.6 Å². The molecule has 1 unspecified atom stereocenters. The Morgan fingerprint density at radius 3 is 2.34 bits per heavy atom. The number of benzene rings is 2. The zero-order chi connectivity index (χ0) is 29.1. The van der Waals surface area contributed by atoms with Crippen LogP contribution in [0, 0.1) is 5.92 Å². The number of likely N-dealkylation sites (N-methyl/N-ethyl adjacent to an activating group) is 1. The molecule has 41 heavy (non-hydrogen) atoms. The molecule has 3 aromatic rings. The average Bonchev–Trinajstić information content (AvgIpc) is 3.41. The van der Waals surface area contributed by atoms with Crippen LogP contribution in [0.5, 0.6) is 0 Å². The number of rotatable bonds is 8. The summed E-state index contributed by atoms with van der Waals surface area (Å²) >= 11 is 0. The van der Waals surface area contributed by atoms with Crippen molar-refractivity contribution in [2.24, 2.45) is 5.92 Å². The van der Waals surface area contributed by atoms with Gasteiger partial charge >= 0.3 is 0 Å². The van der Waals surface area contributed by atoms with Gasteiger partial charge < -0.3 is 25.0 Å². The van der Waals surface area contributed by atoms with Gasteiger partial charge in [-0.1, -0.05) is 73.6 Å². The Bertz CT molecular complexity index is 1430. The number of hydrogen-bond acceptors (Lipinski definition) is 7. The molecule has 0 radical (unpaired) electrons. The number of aliphatic hydroxyl groups is 2. The second-order valence-corrected chi connectivity index (χ2v) is 11.4. The van der Waals surface area contributed by atoms with Gasteiger partial charge in [0.05, 0.1) is 11.0 Å². The number of aliphatic hydroxyl groups excluding tert-OH is 2. The fourth-order valence-electron chi connectivity index (χ4n) is 5.96. The van der Waals surface area contributed by atoms with Gasteiger partial charge in [0.25, 0.3) is 5.91 Å². The van der Waals surface area contributed by atoms with E-state index < -0.39 is 5.41 Å². The van der Waals surface area contributed by atoms with Crippen molar-refractivity contribution in [3.8, 4) is 11.1 Å². The highest BCUT2D eigenvalue weighted by Gasteiger charge is 2.49. The summed E-state index contributed by atoms with van der Waals surface area (Å²) in [5, 5.41) is 29.5. The van der Waals surface area contributed by atoms with Crippen molar-refractivity contribution in [2.45, 2.75) is 39.2 Å². The smallest absolute Gasteiger partial charge is 0.274 e. The fraction of sp³-hybridized carbons (Fsp3) is 0.394. The number of nitrogens with one attached hydrogen (secondary N) is 1. The zero-order valence-corrected chi connectivity index (χ0v) is 24.4. The largest absolute Gasteiger partial charge is 0.511 e. The van der Waals surface area contributed by atoms with Gasteiger partial charge in [0.2, 0.25) is 0 Å². The minimum atomic E-state index is -1.05. The summed E-state index contributed by atoms with van der Waals surface area (Å²) in [6.45, 7) is 11.3. The Hall–Kier alpha value is -3.88. The molecular formula is C33H40N4O4. The minimum Gasteiger partial charge on any atom is -0.511 e. The average molecular weight is 557 g/mol. The molecule has 0 spiro atoms. The van der Waals surface area contributed by atoms with Crippen molar-refractivity contribution in [1.82, 2.24) is 20.3 Å². The summed E-state index contributed by atoms with van der Waals surface area (Å²) in [6.07, 6.45) is 1.68. The molecule has 2 aliphatic rings. The summed E-state index contributed by atoms with van der Waals surface area (Å²) in [5.41, 5.74) is 3.22. The van der Waals surface area contributed by atoms with E-state index in [1.807, 2.05) is 63.2 Å². The number of hydrogen-bond donors (Lipinski definition) is 3. The Kier molecular flexibility index (Phi) is 8.33. The van der Waals surface area contributed by atoms with E-state index in [0.717, 1.165) is 43.9 Å². The molecule has 8 nitrogen and oxygen atoms in total. The van der Waals surface area contributed by atoms with Gasteiger partial charge in [0.1, 0.15) is 11.5 Å². The molecule has 1 saturated heterocycles. The summed E-state index contributed by atoms with van der Waals surface area (Å²) in [5.74, 6) is -0.0792. The lowest BCUT2D eigenvalue weighted by Crippen LogP contribution is -2.43. The van der Waals surface area contributed by atoms with Crippen molar-refractivity contribution < 1.29 is 19.5 Å². The van der Waals surface area contributed by atoms with Crippen molar-refractivity contribution >= 4 is 11.5 Å². The van der Waals surface area contributed by atoms with Crippen LogP contribution in [0.25, 0.3) is 16.7 Å². The lowest BCUT2D eigenvalue weighted by molar-refractivity contribution is 0.0946. The Morgan fingerprint density at radius 2 is 1.71 bits per heavy atom. The van der Waals surface area contributed by atoms with Crippen molar-refractivity contribution in [3.05, 3.63) is 94.8 Å². The van der Waals surface area contributed by atoms with Crippen molar-refractivity contribution in [1.29, 1.82) is 0 Å². The third-order valence-electron chi connectivity index (χ3n) is 8.50. The lowest BCUT2D eigenvalue weighted by atomic mass is 9.64. The molecule has 1 aromatic heterocycles. The van der Waals surface area contributed by atoms with Gasteiger partial charge in [-0.05, 0) is 43.0 Å². The second kappa shape index (κ2) is 11.9. The van der Waals surface area contributed by atoms with E-state index in [-0.39, 0.29) is 35.5 Å². The third kappa shape index (κ3) is 5.54. The van der Waals surface area contributed by atoms with E-state index in [1.54, 1.807) is 0 Å². The Labute approximate surface area is 242 Å². The maximum atomic E-state index is 13.2. The maximum Gasteiger partial charge on any atom is 0.274 e. The molecule has 1 aliphatic carbocycles. The van der Waals surface area contributed by atoms with Gasteiger partial charge in [-0.3, -0.25) is 9.69 Å². The molecule has 0 saturated carbocycles. The van der Waals surface area contributed by atoms with E-state index in [2.05, 4.69) is 39.5 Å². The number of piperazine rings is 1. The Morgan fingerprint density at radius 1 is 1.02 bits per heavy atom. The number of nitrogens with zero attached hydrogens (tertiary/aromatic N) is 3. The number of carbonyl (C=O) groups is 1. The molecule has 5 rings (SSSR count). The summed E-state index contributed by atoms with van der Waals surface area (Å²) in [7, 11) is 2.15. The Balaban J connectivity index is 1.58. The quantitative estimate of drug-likeness (QED) is 0.334. The van der Waals surface area contributed by atoms with Gasteiger partial charge in [-0.15, -0.1) is 0 Å². The van der Waals surface area contributed by atoms with Crippen LogP contribution < -0.4 is 5.32 Å². The van der Waals surface area contributed by atoms with E-state index in [1.165, 1.54) is 11.6 Å². The monoisotopic (exact) mass is 556 g/mol. The van der Waals surface area contributed by atoms with Crippen LogP contribution in [-0.2, 0) is 12.0 Å². The fourth-order valence-corrected chi connectivity index (χ4v) is 5.96. The number of amides is 1. The molecule has 1 fully saturated rings. The van der Waals surface area contributed by atoms with Crippen molar-refractivity contribution in [2.75, 3.05) is 39.8 Å². The van der Waals surface area contributed by atoms with Crippen LogP contribution in [0.4, 0.5) is 0 Å². The van der Waals surface area contributed by atoms with Crippen molar-refractivity contribution in [3.63, 3.8) is 0 Å². The number of carbonyl (C=O) groups excluding carboxylic acids is 1. The molecule has 2 aromatic carbocycles. The van der Waals surface area contributed by atoms with E-state index >= 15 is 0 Å². The SMILES string of the molecule is CCNC(=O)c1noc(C2(C(C)C)CC(c3ccccc3)=C(O)C=C2O)c1-c1ccc(CN2CCN(C)CC2)cc1. The second-order valence-electron chi connectivity index (χ2n) is 11.4. The third-order valence-corrected chi connectivity index (χ3v) is 8.50. The molecule has 8 heteroatoms. The van der Waals surface area contributed by atoms with Gasteiger partial charge in [-0.2, -0.15) is 0 Å². The molecule has 216 valence electrons. The first-order valence-electron chi connectivity index (χ1n) is 14.4. The summed E-state index contributed by atoms with van der Waals surface area (Å²) < 4.78 is 6.04. The first kappa shape index (κ1) is 28.6. The lowest BCUT2D eigenvalue weighted by Gasteiger charge is -2.38. The number of allylic oxidation sites excluding steroid dienone is 3. The molecule has 1 aliphatic heterocycles. The van der Waals surface area contributed by atoms with Gasteiger partial charge in [0.15, 0.2) is 11.5 Å². The highest BCUT2D eigenvalue weighted by Crippen LogP contribution is 2.52. The van der Waals surface area contributed by atoms with E-state index in [4.69, 9.17) is 4.52 Å². The first-order chi connectivity index (χ1) is 19.7. The van der Waals surface area contributed by atoms with Crippen LogP contribution >= 0.6 is 0 Å². The highest BCUT2D eigenvalue weighted by atomic mass is 16.5. The predicted molar refractivity (Wildman–Crippen MR) is 161 cm³/mol. The van der Waals surface area contributed by atoms with Gasteiger partial charge in [0, 0.05) is 50.9 Å². The van der Waals surface area contributed by atoms with Gasteiger partial charge in [-0.25, -0.2) is 0 Å². The minimum absolute atomic E-state index is 0.0169. The molecule has 0 bridgehead atoms. The first-order valence-corrected chi connectivity index (χ1v) is 14.4. The molecule has 2 heterocycles. The number of aromatic nitrogens is 1. The summed E-state index contributed by atoms with van der Waals surface area (Å²) in [4.78, 5) is 18.0. The summed E-state index contributed by atoms with van der Waals surface area (Å²) in [6, 6.07) is 17.8. The van der Waals surface area contributed by atoms with Crippen LogP contribution in [0.3, 0.4) is 0 Å².